The minimum Gasteiger partial charge on any atom is -0.370 e. The van der Waals surface area contributed by atoms with Crippen LogP contribution in [0.1, 0.15) is 11.3 Å². The number of nitrogens with two attached hydrogens (primary N) is 1. The highest BCUT2D eigenvalue weighted by molar-refractivity contribution is 5.13. The number of hydrogen-bond acceptors (Lipinski definition) is 3. The van der Waals surface area contributed by atoms with Crippen molar-refractivity contribution < 1.29 is 13.5 Å². The number of rotatable bonds is 7. The molecule has 0 bridgehead atoms. The third-order valence-electron chi connectivity index (χ3n) is 3.10. The zero-order chi connectivity index (χ0) is 15.1. The van der Waals surface area contributed by atoms with Gasteiger partial charge in [-0.25, -0.2) is 8.78 Å². The lowest BCUT2D eigenvalue weighted by molar-refractivity contribution is -0.0976. The number of alkyl halides is 2. The standard InChI is InChI=1S/C16H18F2N2O/c17-16(18,12-21-11-13-6-2-1-3-7-13)15(19)10-14-8-4-5-9-20-14/h1-9,15H,10-12,19H2/t15-/m1/s1. The van der Waals surface area contributed by atoms with Crippen molar-refractivity contribution in [3.05, 3.63) is 66.0 Å². The van der Waals surface area contributed by atoms with Gasteiger partial charge in [0.15, 0.2) is 0 Å². The summed E-state index contributed by atoms with van der Waals surface area (Å²) in [5, 5.41) is 0. The summed E-state index contributed by atoms with van der Waals surface area (Å²) in [6.07, 6.45) is 1.58. The summed E-state index contributed by atoms with van der Waals surface area (Å²) in [7, 11) is 0. The van der Waals surface area contributed by atoms with Crippen LogP contribution >= 0.6 is 0 Å². The van der Waals surface area contributed by atoms with E-state index in [2.05, 4.69) is 4.98 Å². The average Bonchev–Trinajstić information content (AvgIpc) is 2.49. The van der Waals surface area contributed by atoms with Crippen molar-refractivity contribution in [2.75, 3.05) is 6.61 Å². The molecule has 0 aliphatic carbocycles. The number of nitrogens with zero attached hydrogens (tertiary/aromatic N) is 1. The first-order chi connectivity index (χ1) is 10.1. The minimum atomic E-state index is -3.09. The Balaban J connectivity index is 1.83. The van der Waals surface area contributed by atoms with Gasteiger partial charge in [0.05, 0.1) is 12.6 Å². The molecule has 2 aromatic rings. The number of benzene rings is 1. The predicted octanol–water partition coefficient (Wildman–Crippen LogP) is 2.80. The van der Waals surface area contributed by atoms with Crippen molar-refractivity contribution in [1.82, 2.24) is 4.98 Å². The fraction of sp³-hybridized carbons (Fsp3) is 0.312. The normalized spacial score (nSPS) is 13.1. The number of hydrogen-bond donors (Lipinski definition) is 1. The second-order valence-electron chi connectivity index (χ2n) is 4.87. The Labute approximate surface area is 122 Å². The lowest BCUT2D eigenvalue weighted by Crippen LogP contribution is -2.46. The van der Waals surface area contributed by atoms with Crippen LogP contribution in [0, 0.1) is 0 Å². The van der Waals surface area contributed by atoms with E-state index in [0.717, 1.165) is 5.56 Å². The summed E-state index contributed by atoms with van der Waals surface area (Å²) in [6, 6.07) is 13.0. The SMILES string of the molecule is N[C@H](Cc1ccccn1)C(F)(F)COCc1ccccc1. The summed E-state index contributed by atoms with van der Waals surface area (Å²) in [4.78, 5) is 4.01. The van der Waals surface area contributed by atoms with Gasteiger partial charge in [0.2, 0.25) is 0 Å². The van der Waals surface area contributed by atoms with Crippen LogP contribution in [0.5, 0.6) is 0 Å². The topological polar surface area (TPSA) is 48.1 Å². The molecular formula is C16H18F2N2O. The molecule has 112 valence electrons. The van der Waals surface area contributed by atoms with Gasteiger partial charge in [-0.05, 0) is 17.7 Å². The van der Waals surface area contributed by atoms with Crippen LogP contribution in [0.25, 0.3) is 0 Å². The Bertz CT molecular complexity index is 534. The lowest BCUT2D eigenvalue weighted by atomic mass is 10.1. The summed E-state index contributed by atoms with van der Waals surface area (Å²) in [5.41, 5.74) is 7.00. The van der Waals surface area contributed by atoms with Crippen molar-refractivity contribution in [1.29, 1.82) is 0 Å². The molecule has 0 aliphatic heterocycles. The van der Waals surface area contributed by atoms with Gasteiger partial charge in [-0.3, -0.25) is 4.98 Å². The third-order valence-corrected chi connectivity index (χ3v) is 3.10. The fourth-order valence-corrected chi connectivity index (χ4v) is 1.88. The third kappa shape index (κ3) is 4.88. The summed E-state index contributed by atoms with van der Waals surface area (Å²) < 4.78 is 32.9. The maximum absolute atomic E-state index is 13.9. The van der Waals surface area contributed by atoms with Crippen molar-refractivity contribution in [2.24, 2.45) is 5.73 Å². The zero-order valence-corrected chi connectivity index (χ0v) is 11.6. The molecule has 1 aromatic heterocycles. The molecule has 0 saturated heterocycles. The molecule has 21 heavy (non-hydrogen) atoms. The summed E-state index contributed by atoms with van der Waals surface area (Å²) in [5.74, 6) is -3.09. The van der Waals surface area contributed by atoms with Gasteiger partial charge in [0.1, 0.15) is 6.61 Å². The minimum absolute atomic E-state index is 0.0164. The molecule has 0 unspecified atom stereocenters. The molecule has 1 atom stereocenters. The Kier molecular flexibility index (Phi) is 5.36. The number of ether oxygens (including phenoxy) is 1. The second-order valence-corrected chi connectivity index (χ2v) is 4.87. The molecule has 0 saturated carbocycles. The first-order valence-electron chi connectivity index (χ1n) is 6.73. The van der Waals surface area contributed by atoms with E-state index in [-0.39, 0.29) is 13.0 Å². The van der Waals surface area contributed by atoms with Crippen LogP contribution in [0.2, 0.25) is 0 Å². The molecule has 1 aromatic carbocycles. The van der Waals surface area contributed by atoms with Gasteiger partial charge < -0.3 is 10.5 Å². The maximum atomic E-state index is 13.9. The Morgan fingerprint density at radius 2 is 1.81 bits per heavy atom. The van der Waals surface area contributed by atoms with E-state index in [1.807, 2.05) is 30.3 Å². The van der Waals surface area contributed by atoms with Crippen molar-refractivity contribution >= 4 is 0 Å². The molecule has 2 rings (SSSR count). The van der Waals surface area contributed by atoms with Gasteiger partial charge in [0.25, 0.3) is 5.92 Å². The summed E-state index contributed by atoms with van der Waals surface area (Å²) >= 11 is 0. The molecule has 0 aliphatic rings. The van der Waals surface area contributed by atoms with E-state index < -0.39 is 18.6 Å². The predicted molar refractivity (Wildman–Crippen MR) is 77.0 cm³/mol. The monoisotopic (exact) mass is 292 g/mol. The highest BCUT2D eigenvalue weighted by Gasteiger charge is 2.37. The van der Waals surface area contributed by atoms with Crippen LogP contribution in [0.15, 0.2) is 54.7 Å². The van der Waals surface area contributed by atoms with Crippen molar-refractivity contribution in [3.63, 3.8) is 0 Å². The van der Waals surface area contributed by atoms with E-state index in [1.165, 1.54) is 0 Å². The van der Waals surface area contributed by atoms with Gasteiger partial charge in [-0.2, -0.15) is 0 Å². The van der Waals surface area contributed by atoms with E-state index in [1.54, 1.807) is 24.4 Å². The van der Waals surface area contributed by atoms with Crippen LogP contribution in [-0.2, 0) is 17.8 Å². The highest BCUT2D eigenvalue weighted by Crippen LogP contribution is 2.21. The molecule has 5 heteroatoms. The van der Waals surface area contributed by atoms with Gasteiger partial charge in [-0.1, -0.05) is 36.4 Å². The Hall–Kier alpha value is -1.85. The first kappa shape index (κ1) is 15.5. The Morgan fingerprint density at radius 1 is 1.10 bits per heavy atom. The van der Waals surface area contributed by atoms with Gasteiger partial charge in [0, 0.05) is 18.3 Å². The maximum Gasteiger partial charge on any atom is 0.286 e. The molecule has 0 radical (unpaired) electrons. The average molecular weight is 292 g/mol. The summed E-state index contributed by atoms with van der Waals surface area (Å²) in [6.45, 7) is -0.553. The van der Waals surface area contributed by atoms with Crippen LogP contribution < -0.4 is 5.73 Å². The Morgan fingerprint density at radius 3 is 2.48 bits per heavy atom. The lowest BCUT2D eigenvalue weighted by Gasteiger charge is -2.23. The second kappa shape index (κ2) is 7.24. The molecule has 0 spiro atoms. The molecule has 2 N–H and O–H groups in total. The molecule has 0 fully saturated rings. The van der Waals surface area contributed by atoms with Crippen LogP contribution in [0.3, 0.4) is 0 Å². The number of aromatic nitrogens is 1. The van der Waals surface area contributed by atoms with Gasteiger partial charge >= 0.3 is 0 Å². The smallest absolute Gasteiger partial charge is 0.286 e. The number of pyridine rings is 1. The quantitative estimate of drug-likeness (QED) is 0.853. The van der Waals surface area contributed by atoms with Crippen molar-refractivity contribution in [3.8, 4) is 0 Å². The largest absolute Gasteiger partial charge is 0.370 e. The number of halogens is 2. The van der Waals surface area contributed by atoms with E-state index >= 15 is 0 Å². The van der Waals surface area contributed by atoms with E-state index in [0.29, 0.717) is 5.69 Å². The fourth-order valence-electron chi connectivity index (χ4n) is 1.88. The molecule has 3 nitrogen and oxygen atoms in total. The van der Waals surface area contributed by atoms with E-state index in [9.17, 15) is 8.78 Å². The molecule has 1 heterocycles. The highest BCUT2D eigenvalue weighted by atomic mass is 19.3. The van der Waals surface area contributed by atoms with Gasteiger partial charge in [-0.15, -0.1) is 0 Å². The molecule has 0 amide bonds. The zero-order valence-electron chi connectivity index (χ0n) is 11.6. The molecular weight excluding hydrogens is 274 g/mol. The van der Waals surface area contributed by atoms with Crippen molar-refractivity contribution in [2.45, 2.75) is 25.0 Å². The van der Waals surface area contributed by atoms with E-state index in [4.69, 9.17) is 10.5 Å². The van der Waals surface area contributed by atoms with Crippen LogP contribution in [0.4, 0.5) is 8.78 Å². The van der Waals surface area contributed by atoms with Crippen LogP contribution in [-0.4, -0.2) is 23.6 Å². The first-order valence-corrected chi connectivity index (χ1v) is 6.73.